The van der Waals surface area contributed by atoms with E-state index in [0.717, 1.165) is 35.6 Å². The fourth-order valence-electron chi connectivity index (χ4n) is 3.11. The Morgan fingerprint density at radius 2 is 1.85 bits per heavy atom. The lowest BCUT2D eigenvalue weighted by Crippen LogP contribution is -2.36. The Morgan fingerprint density at radius 3 is 2.63 bits per heavy atom. The summed E-state index contributed by atoms with van der Waals surface area (Å²) in [6.45, 7) is 2.99. The second-order valence-corrected chi connectivity index (χ2v) is 6.31. The van der Waals surface area contributed by atoms with Crippen molar-refractivity contribution >= 4 is 17.2 Å². The molecule has 136 valence electrons. The smallest absolute Gasteiger partial charge is 0.129 e. The van der Waals surface area contributed by atoms with Crippen LogP contribution in [0.5, 0.6) is 0 Å². The molecule has 7 nitrogen and oxygen atoms in total. The van der Waals surface area contributed by atoms with Crippen LogP contribution in [0.3, 0.4) is 0 Å². The van der Waals surface area contributed by atoms with E-state index in [0.29, 0.717) is 30.2 Å². The van der Waals surface area contributed by atoms with Gasteiger partial charge in [-0.15, -0.1) is 0 Å². The Hall–Kier alpha value is -3.32. The molecule has 7 heteroatoms. The topological polar surface area (TPSA) is 101 Å². The van der Waals surface area contributed by atoms with Gasteiger partial charge in [-0.1, -0.05) is 6.07 Å². The molecule has 1 aliphatic heterocycles. The number of ether oxygens (including phenoxy) is 1. The highest BCUT2D eigenvalue weighted by molar-refractivity contribution is 6.14. The van der Waals surface area contributed by atoms with Crippen molar-refractivity contribution in [3.8, 4) is 11.1 Å². The molecule has 1 saturated heterocycles. The van der Waals surface area contributed by atoms with Crippen molar-refractivity contribution in [2.24, 2.45) is 0 Å². The van der Waals surface area contributed by atoms with Gasteiger partial charge in [0, 0.05) is 41.7 Å². The lowest BCUT2D eigenvalue weighted by Gasteiger charge is -2.28. The molecule has 1 fully saturated rings. The second kappa shape index (κ2) is 7.51. The first-order chi connectivity index (χ1) is 13.2. The standard InChI is InChI=1S/C20H20N6O/c21-18-2-1-14(16-4-6-24-25-13-16)11-17(18)20(22)15-3-5-23-19(12-15)26-7-9-27-10-8-26/h1-6,11-13,22H,7-10,21H2. The average Bonchev–Trinajstić information content (AvgIpc) is 2.75. The van der Waals surface area contributed by atoms with Crippen LogP contribution in [0.2, 0.25) is 0 Å². The molecule has 0 atom stereocenters. The Balaban J connectivity index is 1.66. The maximum absolute atomic E-state index is 8.70. The van der Waals surface area contributed by atoms with E-state index in [-0.39, 0.29) is 0 Å². The minimum absolute atomic E-state index is 0.369. The van der Waals surface area contributed by atoms with Crippen LogP contribution in [-0.2, 0) is 4.74 Å². The Bertz CT molecular complexity index is 954. The van der Waals surface area contributed by atoms with E-state index in [1.54, 1.807) is 18.6 Å². The quantitative estimate of drug-likeness (QED) is 0.547. The number of anilines is 2. The molecule has 0 amide bonds. The number of hydrogen-bond donors (Lipinski definition) is 2. The molecule has 1 aromatic carbocycles. The Kier molecular flexibility index (Phi) is 4.76. The third kappa shape index (κ3) is 3.63. The normalized spacial score (nSPS) is 14.1. The van der Waals surface area contributed by atoms with Crippen molar-refractivity contribution in [1.82, 2.24) is 15.2 Å². The van der Waals surface area contributed by atoms with Crippen LogP contribution in [0.1, 0.15) is 11.1 Å². The van der Waals surface area contributed by atoms with Crippen LogP contribution in [0.15, 0.2) is 55.0 Å². The largest absolute Gasteiger partial charge is 0.398 e. The van der Waals surface area contributed by atoms with E-state index < -0.39 is 0 Å². The Morgan fingerprint density at radius 1 is 1.00 bits per heavy atom. The Labute approximate surface area is 157 Å². The maximum atomic E-state index is 8.70. The zero-order chi connectivity index (χ0) is 18.6. The highest BCUT2D eigenvalue weighted by atomic mass is 16.5. The zero-order valence-electron chi connectivity index (χ0n) is 14.8. The van der Waals surface area contributed by atoms with Crippen molar-refractivity contribution < 1.29 is 4.74 Å². The molecule has 2 aromatic heterocycles. The number of nitrogens with zero attached hydrogens (tertiary/aromatic N) is 4. The number of aromatic nitrogens is 3. The number of rotatable bonds is 4. The van der Waals surface area contributed by atoms with Gasteiger partial charge in [-0.25, -0.2) is 4.98 Å². The first kappa shape index (κ1) is 17.1. The van der Waals surface area contributed by atoms with Gasteiger partial charge >= 0.3 is 0 Å². The molecular weight excluding hydrogens is 340 g/mol. The third-order valence-corrected chi connectivity index (χ3v) is 4.61. The maximum Gasteiger partial charge on any atom is 0.129 e. The highest BCUT2D eigenvalue weighted by Crippen LogP contribution is 2.26. The number of pyridine rings is 1. The molecule has 0 spiro atoms. The van der Waals surface area contributed by atoms with Crippen molar-refractivity contribution in [2.45, 2.75) is 0 Å². The SMILES string of the molecule is N=C(c1ccnc(N2CCOCC2)c1)c1cc(-c2ccnnc2)ccc1N. The minimum Gasteiger partial charge on any atom is -0.398 e. The molecule has 3 heterocycles. The summed E-state index contributed by atoms with van der Waals surface area (Å²) in [5, 5.41) is 16.4. The van der Waals surface area contributed by atoms with Gasteiger partial charge < -0.3 is 15.4 Å². The van der Waals surface area contributed by atoms with Crippen LogP contribution in [0, 0.1) is 5.41 Å². The molecule has 0 saturated carbocycles. The fraction of sp³-hybridized carbons (Fsp3) is 0.200. The van der Waals surface area contributed by atoms with Gasteiger partial charge in [0.2, 0.25) is 0 Å². The molecule has 0 bridgehead atoms. The number of nitrogens with one attached hydrogen (secondary N) is 1. The highest BCUT2D eigenvalue weighted by Gasteiger charge is 2.15. The van der Waals surface area contributed by atoms with Gasteiger partial charge in [0.15, 0.2) is 0 Å². The first-order valence-corrected chi connectivity index (χ1v) is 8.77. The summed E-state index contributed by atoms with van der Waals surface area (Å²) in [6.07, 6.45) is 5.08. The van der Waals surface area contributed by atoms with E-state index in [9.17, 15) is 0 Å². The van der Waals surface area contributed by atoms with Crippen molar-refractivity contribution in [2.75, 3.05) is 36.9 Å². The lowest BCUT2D eigenvalue weighted by atomic mass is 9.97. The predicted octanol–water partition coefficient (Wildman–Crippen LogP) is 2.37. The molecule has 0 radical (unpaired) electrons. The summed E-state index contributed by atoms with van der Waals surface area (Å²) in [5.41, 5.74) is 10.5. The number of benzene rings is 1. The summed E-state index contributed by atoms with van der Waals surface area (Å²) in [6, 6.07) is 11.3. The number of nitrogens with two attached hydrogens (primary N) is 1. The molecule has 1 aliphatic rings. The first-order valence-electron chi connectivity index (χ1n) is 8.77. The zero-order valence-corrected chi connectivity index (χ0v) is 14.8. The average molecular weight is 360 g/mol. The molecule has 3 N–H and O–H groups in total. The monoisotopic (exact) mass is 360 g/mol. The van der Waals surface area contributed by atoms with Crippen LogP contribution < -0.4 is 10.6 Å². The third-order valence-electron chi connectivity index (χ3n) is 4.61. The molecule has 3 aromatic rings. The molecule has 27 heavy (non-hydrogen) atoms. The van der Waals surface area contributed by atoms with Crippen molar-refractivity contribution in [1.29, 1.82) is 5.41 Å². The van der Waals surface area contributed by atoms with Crippen molar-refractivity contribution in [3.63, 3.8) is 0 Å². The van der Waals surface area contributed by atoms with E-state index >= 15 is 0 Å². The van der Waals surface area contributed by atoms with Gasteiger partial charge in [0.05, 0.1) is 31.3 Å². The van der Waals surface area contributed by atoms with Crippen LogP contribution in [0.4, 0.5) is 11.5 Å². The van der Waals surface area contributed by atoms with Crippen LogP contribution in [0.25, 0.3) is 11.1 Å². The van der Waals surface area contributed by atoms with Crippen molar-refractivity contribution in [3.05, 3.63) is 66.1 Å². The van der Waals surface area contributed by atoms with E-state index in [4.69, 9.17) is 15.9 Å². The summed E-state index contributed by atoms with van der Waals surface area (Å²) < 4.78 is 5.40. The van der Waals surface area contributed by atoms with Gasteiger partial charge in [0.1, 0.15) is 5.82 Å². The lowest BCUT2D eigenvalue weighted by molar-refractivity contribution is 0.122. The van der Waals surface area contributed by atoms with E-state index in [2.05, 4.69) is 20.1 Å². The van der Waals surface area contributed by atoms with E-state index in [1.165, 1.54) is 0 Å². The minimum atomic E-state index is 0.369. The summed E-state index contributed by atoms with van der Waals surface area (Å²) in [4.78, 5) is 6.62. The van der Waals surface area contributed by atoms with Gasteiger partial charge in [-0.3, -0.25) is 5.41 Å². The molecule has 0 aliphatic carbocycles. The van der Waals surface area contributed by atoms with Gasteiger partial charge in [0.25, 0.3) is 0 Å². The molecular formula is C20H20N6O. The summed E-state index contributed by atoms with van der Waals surface area (Å²) in [7, 11) is 0. The predicted molar refractivity (Wildman–Crippen MR) is 105 cm³/mol. The number of nitrogen functional groups attached to an aromatic ring is 1. The number of morpholine rings is 1. The summed E-state index contributed by atoms with van der Waals surface area (Å²) >= 11 is 0. The molecule has 4 rings (SSSR count). The molecule has 0 unspecified atom stereocenters. The van der Waals surface area contributed by atoms with Gasteiger partial charge in [-0.2, -0.15) is 10.2 Å². The number of hydrogen-bond acceptors (Lipinski definition) is 7. The van der Waals surface area contributed by atoms with Crippen LogP contribution >= 0.6 is 0 Å². The fourth-order valence-corrected chi connectivity index (χ4v) is 3.11. The summed E-state index contributed by atoms with van der Waals surface area (Å²) in [5.74, 6) is 0.855. The second-order valence-electron chi connectivity index (χ2n) is 6.31. The van der Waals surface area contributed by atoms with Crippen LogP contribution in [-0.4, -0.2) is 47.2 Å². The van der Waals surface area contributed by atoms with E-state index in [1.807, 2.05) is 36.4 Å². The van der Waals surface area contributed by atoms with Gasteiger partial charge in [-0.05, 0) is 35.9 Å².